The summed E-state index contributed by atoms with van der Waals surface area (Å²) in [6.45, 7) is 3.55. The molecule has 13 heteroatoms. The van der Waals surface area contributed by atoms with Crippen molar-refractivity contribution in [2.24, 2.45) is 23.2 Å². The number of aromatic nitrogens is 4. The lowest BCUT2D eigenvalue weighted by Crippen LogP contribution is -2.48. The second-order valence-corrected chi connectivity index (χ2v) is 11.9. The van der Waals surface area contributed by atoms with Gasteiger partial charge in [0, 0.05) is 11.8 Å². The van der Waals surface area contributed by atoms with Crippen LogP contribution in [0.2, 0.25) is 0 Å². The zero-order chi connectivity index (χ0) is 27.4. The minimum atomic E-state index is -1.26. The number of halogens is 1. The number of anilines is 1. The highest BCUT2D eigenvalue weighted by atomic mass is 19.1. The van der Waals surface area contributed by atoms with Gasteiger partial charge < -0.3 is 29.4 Å². The van der Waals surface area contributed by atoms with Crippen molar-refractivity contribution in [3.05, 3.63) is 12.4 Å². The van der Waals surface area contributed by atoms with E-state index in [9.17, 15) is 14.0 Å². The molecule has 4 saturated carbocycles. The topological polar surface area (TPSA) is 150 Å². The number of carbonyl (C=O) groups excluding carboxylic acids is 2. The number of nitrogens with zero attached hydrogens (tertiary/aromatic N) is 4. The van der Waals surface area contributed by atoms with E-state index >= 15 is 0 Å². The Bertz CT molecular complexity index is 1240. The molecule has 3 atom stereocenters. The Kier molecular flexibility index (Phi) is 6.51. The van der Waals surface area contributed by atoms with Crippen molar-refractivity contribution in [3.8, 4) is 0 Å². The number of nitrogen functional groups attached to an aromatic ring is 1. The minimum absolute atomic E-state index is 0.0592. The van der Waals surface area contributed by atoms with E-state index in [1.165, 1.54) is 30.2 Å². The van der Waals surface area contributed by atoms with E-state index in [2.05, 4.69) is 15.0 Å². The molecular weight excluding hydrogens is 513 g/mol. The first kappa shape index (κ1) is 26.0. The third kappa shape index (κ3) is 4.96. The maximum absolute atomic E-state index is 13.9. The Hall–Kier alpha value is -3.22. The van der Waals surface area contributed by atoms with E-state index in [0.29, 0.717) is 6.61 Å². The van der Waals surface area contributed by atoms with Crippen LogP contribution in [0.25, 0.3) is 11.2 Å². The fourth-order valence-corrected chi connectivity index (χ4v) is 7.65. The average Bonchev–Trinajstić information content (AvgIpc) is 3.42. The van der Waals surface area contributed by atoms with Crippen LogP contribution in [0.3, 0.4) is 0 Å². The van der Waals surface area contributed by atoms with Crippen molar-refractivity contribution < 1.29 is 37.7 Å². The van der Waals surface area contributed by atoms with Gasteiger partial charge in [-0.1, -0.05) is 0 Å². The number of hydrogen-bond donors (Lipinski definition) is 1. The number of carbonyl (C=O) groups is 2. The van der Waals surface area contributed by atoms with E-state index in [0.717, 1.165) is 37.0 Å². The van der Waals surface area contributed by atoms with Gasteiger partial charge in [0.25, 0.3) is 0 Å². The van der Waals surface area contributed by atoms with Gasteiger partial charge in [0.15, 0.2) is 17.0 Å². The molecule has 4 bridgehead atoms. The third-order valence-corrected chi connectivity index (χ3v) is 8.87. The molecule has 3 heterocycles. The van der Waals surface area contributed by atoms with Crippen LogP contribution in [0, 0.1) is 29.2 Å². The summed E-state index contributed by atoms with van der Waals surface area (Å²) in [5.74, 6) is 2.12. The second-order valence-electron chi connectivity index (χ2n) is 11.9. The fraction of sp³-hybridized carbons (Fsp3) is 0.731. The molecule has 4 aliphatic carbocycles. The number of imidazole rings is 1. The largest absolute Gasteiger partial charge is 0.508 e. The highest BCUT2D eigenvalue weighted by Gasteiger charge is 2.52. The number of fused-ring (bicyclic) bond motifs is 1. The number of ether oxygens (including phenoxy) is 5. The molecule has 7 rings (SSSR count). The highest BCUT2D eigenvalue weighted by Crippen LogP contribution is 2.60. The molecule has 39 heavy (non-hydrogen) atoms. The van der Waals surface area contributed by atoms with E-state index in [1.54, 1.807) is 13.8 Å². The molecular formula is C26H34FN5O7. The number of hydrogen-bond acceptors (Lipinski definition) is 11. The highest BCUT2D eigenvalue weighted by molar-refractivity contribution is 5.81. The zero-order valence-electron chi connectivity index (χ0n) is 22.1. The van der Waals surface area contributed by atoms with Gasteiger partial charge in [-0.25, -0.2) is 14.6 Å². The lowest BCUT2D eigenvalue weighted by atomic mass is 9.50. The smallest absolute Gasteiger partial charge is 0.435 e. The summed E-state index contributed by atoms with van der Waals surface area (Å²) >= 11 is 0. The lowest BCUT2D eigenvalue weighted by Gasteiger charge is -2.56. The van der Waals surface area contributed by atoms with Crippen LogP contribution in [0.1, 0.15) is 65.0 Å². The van der Waals surface area contributed by atoms with Crippen LogP contribution in [0.4, 0.5) is 19.8 Å². The van der Waals surface area contributed by atoms with E-state index in [1.807, 2.05) is 0 Å². The molecule has 2 aromatic heterocycles. The molecule has 212 valence electrons. The first-order valence-electron chi connectivity index (χ1n) is 13.6. The van der Waals surface area contributed by atoms with Crippen LogP contribution >= 0.6 is 0 Å². The van der Waals surface area contributed by atoms with Crippen molar-refractivity contribution in [2.45, 2.75) is 76.7 Å². The Labute approximate surface area is 224 Å². The van der Waals surface area contributed by atoms with Crippen LogP contribution < -0.4 is 5.73 Å². The van der Waals surface area contributed by atoms with Crippen molar-refractivity contribution in [1.82, 2.24) is 19.5 Å². The van der Waals surface area contributed by atoms with Crippen LogP contribution in [-0.4, -0.2) is 63.4 Å². The quantitative estimate of drug-likeness (QED) is 0.393. The van der Waals surface area contributed by atoms with Gasteiger partial charge >= 0.3 is 18.4 Å². The summed E-state index contributed by atoms with van der Waals surface area (Å²) in [4.78, 5) is 36.4. The SMILES string of the molecule is CCOC(=O)O[C@H]1C[C@H](n2cnc3c(N)nc(F)nc32)O[C@]1(C)COC(=O)OCC12CC3CC(CC(C3)C1)C2. The summed E-state index contributed by atoms with van der Waals surface area (Å²) in [5, 5.41) is 0. The molecule has 0 unspecified atom stereocenters. The summed E-state index contributed by atoms with van der Waals surface area (Å²) in [6, 6.07) is 0. The number of rotatable bonds is 7. The first-order chi connectivity index (χ1) is 18.6. The molecule has 0 aromatic carbocycles. The Morgan fingerprint density at radius 2 is 1.72 bits per heavy atom. The monoisotopic (exact) mass is 547 g/mol. The summed E-state index contributed by atoms with van der Waals surface area (Å²) < 4.78 is 43.2. The molecule has 12 nitrogen and oxygen atoms in total. The Balaban J connectivity index is 1.13. The number of nitrogens with two attached hydrogens (primary N) is 1. The van der Waals surface area contributed by atoms with E-state index < -0.39 is 36.3 Å². The molecule has 1 saturated heterocycles. The van der Waals surface area contributed by atoms with Crippen molar-refractivity contribution in [1.29, 1.82) is 0 Å². The predicted molar refractivity (Wildman–Crippen MR) is 133 cm³/mol. The lowest BCUT2D eigenvalue weighted by molar-refractivity contribution is -0.132. The summed E-state index contributed by atoms with van der Waals surface area (Å²) in [5.41, 5.74) is 4.92. The summed E-state index contributed by atoms with van der Waals surface area (Å²) in [6.07, 6.45) is 4.46. The Morgan fingerprint density at radius 1 is 1.05 bits per heavy atom. The first-order valence-corrected chi connectivity index (χ1v) is 13.6. The van der Waals surface area contributed by atoms with Crippen molar-refractivity contribution in [2.75, 3.05) is 25.6 Å². The molecule has 2 N–H and O–H groups in total. The van der Waals surface area contributed by atoms with Gasteiger partial charge in [0.1, 0.15) is 31.1 Å². The van der Waals surface area contributed by atoms with Gasteiger partial charge in [-0.3, -0.25) is 4.57 Å². The van der Waals surface area contributed by atoms with Crippen LogP contribution in [0.15, 0.2) is 6.33 Å². The van der Waals surface area contributed by atoms with Gasteiger partial charge in [-0.05, 0) is 70.1 Å². The van der Waals surface area contributed by atoms with Crippen LogP contribution in [0.5, 0.6) is 0 Å². The van der Waals surface area contributed by atoms with Crippen molar-refractivity contribution in [3.63, 3.8) is 0 Å². The molecule has 0 spiro atoms. The predicted octanol–water partition coefficient (Wildman–Crippen LogP) is 4.14. The standard InChI is InChI=1S/C26H34FN5O7/c1-3-35-24(34)38-17-7-18(32-13-29-19-20(28)30-22(27)31-21(19)32)39-25(17,2)11-36-23(33)37-12-26-8-14-4-15(9-26)6-16(5-14)10-26/h13-18H,3-12H2,1-2H3,(H2,28,30,31)/t14?,15?,16?,17-,18+,25+,26?/m0/s1. The minimum Gasteiger partial charge on any atom is -0.435 e. The normalized spacial score (nSPS) is 34.8. The molecule has 1 aliphatic heterocycles. The maximum atomic E-state index is 13.9. The molecule has 0 amide bonds. The molecule has 5 fully saturated rings. The Morgan fingerprint density at radius 3 is 2.38 bits per heavy atom. The van der Waals surface area contributed by atoms with Crippen LogP contribution in [-0.2, 0) is 23.7 Å². The van der Waals surface area contributed by atoms with Gasteiger partial charge in [0.05, 0.1) is 12.9 Å². The molecule has 0 radical (unpaired) electrons. The molecule has 5 aliphatic rings. The fourth-order valence-electron chi connectivity index (χ4n) is 7.65. The van der Waals surface area contributed by atoms with E-state index in [4.69, 9.17) is 29.4 Å². The zero-order valence-corrected chi connectivity index (χ0v) is 22.1. The second kappa shape index (κ2) is 9.76. The average molecular weight is 548 g/mol. The maximum Gasteiger partial charge on any atom is 0.508 e. The van der Waals surface area contributed by atoms with E-state index in [-0.39, 0.29) is 42.0 Å². The molecule has 2 aromatic rings. The van der Waals surface area contributed by atoms with Gasteiger partial charge in [-0.15, -0.1) is 0 Å². The third-order valence-electron chi connectivity index (χ3n) is 8.87. The van der Waals surface area contributed by atoms with Gasteiger partial charge in [-0.2, -0.15) is 14.4 Å². The summed E-state index contributed by atoms with van der Waals surface area (Å²) in [7, 11) is 0. The van der Waals surface area contributed by atoms with Gasteiger partial charge in [0.2, 0.25) is 0 Å². The van der Waals surface area contributed by atoms with Crippen molar-refractivity contribution >= 4 is 29.3 Å².